The molecule has 0 unspecified atom stereocenters. The van der Waals surface area contributed by atoms with Crippen LogP contribution in [0.25, 0.3) is 10.9 Å². The zero-order valence-corrected chi connectivity index (χ0v) is 17.6. The number of benzene rings is 2. The van der Waals surface area contributed by atoms with E-state index in [2.05, 4.69) is 43.1 Å². The van der Waals surface area contributed by atoms with E-state index in [4.69, 9.17) is 9.47 Å². The fourth-order valence-electron chi connectivity index (χ4n) is 3.99. The van der Waals surface area contributed by atoms with Crippen LogP contribution in [0, 0.1) is 0 Å². The van der Waals surface area contributed by atoms with E-state index in [0.717, 1.165) is 22.0 Å². The molecular weight excluding hydrogens is 398 g/mol. The van der Waals surface area contributed by atoms with Crippen LogP contribution in [0.3, 0.4) is 0 Å². The lowest BCUT2D eigenvalue weighted by atomic mass is 9.98. The van der Waals surface area contributed by atoms with E-state index in [9.17, 15) is 20.4 Å². The number of aliphatic hydroxyl groups excluding tert-OH is 4. The summed E-state index contributed by atoms with van der Waals surface area (Å²) in [6.45, 7) is 3.82. The second kappa shape index (κ2) is 8.98. The Labute approximate surface area is 180 Å². The Morgan fingerprint density at radius 3 is 2.42 bits per heavy atom. The Hall–Kier alpha value is -2.42. The van der Waals surface area contributed by atoms with E-state index in [1.807, 2.05) is 18.3 Å². The summed E-state index contributed by atoms with van der Waals surface area (Å²) in [5.41, 5.74) is 4.34. The molecule has 1 aliphatic rings. The van der Waals surface area contributed by atoms with Crippen molar-refractivity contribution in [2.45, 2.75) is 56.9 Å². The average molecular weight is 427 g/mol. The minimum atomic E-state index is -1.49. The molecule has 0 bridgehead atoms. The van der Waals surface area contributed by atoms with Crippen molar-refractivity contribution in [3.63, 3.8) is 0 Å². The van der Waals surface area contributed by atoms with E-state index in [-0.39, 0.29) is 0 Å². The lowest BCUT2D eigenvalue weighted by molar-refractivity contribution is -0.277. The van der Waals surface area contributed by atoms with Gasteiger partial charge >= 0.3 is 0 Å². The third-order valence-electron chi connectivity index (χ3n) is 5.88. The van der Waals surface area contributed by atoms with Crippen molar-refractivity contribution in [2.75, 3.05) is 6.61 Å². The topological polar surface area (TPSA) is 115 Å². The number of fused-ring (bicyclic) bond motifs is 1. The molecule has 1 aliphatic heterocycles. The molecular formula is C24H29NO6. The summed E-state index contributed by atoms with van der Waals surface area (Å²) in [6.07, 6.45) is -4.00. The Morgan fingerprint density at radius 2 is 1.74 bits per heavy atom. The van der Waals surface area contributed by atoms with Crippen LogP contribution in [0.5, 0.6) is 5.75 Å². The Kier molecular flexibility index (Phi) is 6.31. The molecule has 0 saturated carbocycles. The molecule has 3 aromatic rings. The molecule has 0 amide bonds. The summed E-state index contributed by atoms with van der Waals surface area (Å²) < 4.78 is 11.5. The van der Waals surface area contributed by atoms with Crippen molar-refractivity contribution in [3.8, 4) is 5.75 Å². The molecule has 1 saturated heterocycles. The summed E-state index contributed by atoms with van der Waals surface area (Å²) in [5, 5.41) is 40.6. The van der Waals surface area contributed by atoms with Gasteiger partial charge in [-0.2, -0.15) is 0 Å². The quantitative estimate of drug-likeness (QED) is 0.411. The number of rotatable bonds is 6. The first-order valence-corrected chi connectivity index (χ1v) is 10.5. The maximum Gasteiger partial charge on any atom is 0.229 e. The van der Waals surface area contributed by atoms with Gasteiger partial charge in [-0.15, -0.1) is 0 Å². The van der Waals surface area contributed by atoms with Crippen molar-refractivity contribution >= 4 is 10.9 Å². The van der Waals surface area contributed by atoms with Crippen molar-refractivity contribution in [1.29, 1.82) is 0 Å². The molecule has 5 N–H and O–H groups in total. The number of hydrogen-bond donors (Lipinski definition) is 5. The molecule has 166 valence electrons. The second-order valence-corrected chi connectivity index (χ2v) is 8.38. The van der Waals surface area contributed by atoms with E-state index < -0.39 is 37.3 Å². The Morgan fingerprint density at radius 1 is 1.00 bits per heavy atom. The smallest absolute Gasteiger partial charge is 0.229 e. The standard InChI is InChI=1S/C24H29NO6/c1-13(2)15-8-6-14(7-9-15)10-16-11-25-17-4-3-5-18(20(16)17)30-24-23(29)22(28)21(27)19(12-26)31-24/h3-9,11,13,19,21-29H,10,12H2,1-2H3/t19-,21-,22+,23-,24-/m1/s1. The molecule has 2 aromatic carbocycles. The van der Waals surface area contributed by atoms with E-state index in [1.54, 1.807) is 6.07 Å². The maximum absolute atomic E-state index is 10.3. The summed E-state index contributed by atoms with van der Waals surface area (Å²) in [7, 11) is 0. The van der Waals surface area contributed by atoms with Gasteiger partial charge in [0.2, 0.25) is 6.29 Å². The highest BCUT2D eigenvalue weighted by molar-refractivity contribution is 5.89. The molecule has 4 rings (SSSR count). The molecule has 1 fully saturated rings. The van der Waals surface area contributed by atoms with Gasteiger partial charge in [-0.3, -0.25) is 0 Å². The molecule has 7 nitrogen and oxygen atoms in total. The molecule has 0 aliphatic carbocycles. The lowest BCUT2D eigenvalue weighted by Crippen LogP contribution is -2.60. The van der Waals surface area contributed by atoms with E-state index >= 15 is 0 Å². The van der Waals surface area contributed by atoms with Crippen molar-refractivity contribution < 1.29 is 29.9 Å². The van der Waals surface area contributed by atoms with Gasteiger partial charge in [0.25, 0.3) is 0 Å². The zero-order chi connectivity index (χ0) is 22.1. The lowest BCUT2D eigenvalue weighted by Gasteiger charge is -2.39. The van der Waals surface area contributed by atoms with Gasteiger partial charge in [0.15, 0.2) is 0 Å². The largest absolute Gasteiger partial charge is 0.461 e. The van der Waals surface area contributed by atoms with Crippen molar-refractivity contribution in [2.24, 2.45) is 0 Å². The number of aliphatic hydroxyl groups is 4. The Bertz CT molecular complexity index is 1010. The first kappa shape index (κ1) is 21.8. The molecule has 7 heteroatoms. The average Bonchev–Trinajstić information content (AvgIpc) is 3.18. The number of hydrogen-bond acceptors (Lipinski definition) is 6. The van der Waals surface area contributed by atoms with Crippen LogP contribution in [0.2, 0.25) is 0 Å². The summed E-state index contributed by atoms with van der Waals surface area (Å²) in [5.74, 6) is 0.956. The normalized spacial score (nSPS) is 26.5. The number of ether oxygens (including phenoxy) is 2. The SMILES string of the molecule is CC(C)c1ccc(Cc2c[nH]c3cccc(O[C@@H]4O[C@H](CO)[C@@H](O)[C@H](O)[C@H]4O)c23)cc1. The number of aromatic amines is 1. The van der Waals surface area contributed by atoms with Gasteiger partial charge in [-0.05, 0) is 41.2 Å². The fourth-order valence-corrected chi connectivity index (χ4v) is 3.99. The van der Waals surface area contributed by atoms with Gasteiger partial charge in [-0.25, -0.2) is 0 Å². The van der Waals surface area contributed by atoms with Crippen molar-refractivity contribution in [1.82, 2.24) is 4.98 Å². The van der Waals surface area contributed by atoms with Crippen LogP contribution in [0.1, 0.15) is 36.5 Å². The van der Waals surface area contributed by atoms with Gasteiger partial charge in [0, 0.05) is 17.1 Å². The summed E-state index contributed by atoms with van der Waals surface area (Å²) in [6, 6.07) is 14.0. The minimum absolute atomic E-state index is 0.473. The highest BCUT2D eigenvalue weighted by Crippen LogP contribution is 2.33. The predicted molar refractivity (Wildman–Crippen MR) is 116 cm³/mol. The molecule has 0 spiro atoms. The molecule has 2 heterocycles. The van der Waals surface area contributed by atoms with E-state index in [0.29, 0.717) is 18.1 Å². The number of H-pyrrole nitrogens is 1. The van der Waals surface area contributed by atoms with Crippen LogP contribution in [-0.2, 0) is 11.2 Å². The maximum atomic E-state index is 10.3. The van der Waals surface area contributed by atoms with Gasteiger partial charge in [0.1, 0.15) is 30.2 Å². The third-order valence-corrected chi connectivity index (χ3v) is 5.88. The van der Waals surface area contributed by atoms with Crippen LogP contribution in [-0.4, -0.2) is 62.7 Å². The first-order chi connectivity index (χ1) is 14.9. The Balaban J connectivity index is 1.61. The summed E-state index contributed by atoms with van der Waals surface area (Å²) >= 11 is 0. The number of nitrogens with one attached hydrogen (secondary N) is 1. The van der Waals surface area contributed by atoms with E-state index in [1.165, 1.54) is 5.56 Å². The zero-order valence-electron chi connectivity index (χ0n) is 17.6. The minimum Gasteiger partial charge on any atom is -0.461 e. The molecule has 5 atom stereocenters. The first-order valence-electron chi connectivity index (χ1n) is 10.5. The molecule has 1 aromatic heterocycles. The molecule has 0 radical (unpaired) electrons. The highest BCUT2D eigenvalue weighted by Gasteiger charge is 2.44. The van der Waals surface area contributed by atoms with Gasteiger partial charge < -0.3 is 34.9 Å². The monoisotopic (exact) mass is 427 g/mol. The van der Waals surface area contributed by atoms with Crippen LogP contribution >= 0.6 is 0 Å². The van der Waals surface area contributed by atoms with Gasteiger partial charge in [-0.1, -0.05) is 44.2 Å². The van der Waals surface area contributed by atoms with Crippen LogP contribution < -0.4 is 4.74 Å². The van der Waals surface area contributed by atoms with Crippen LogP contribution in [0.15, 0.2) is 48.7 Å². The fraction of sp³-hybridized carbons (Fsp3) is 0.417. The third kappa shape index (κ3) is 4.33. The predicted octanol–water partition coefficient (Wildman–Crippen LogP) is 2.06. The van der Waals surface area contributed by atoms with Crippen molar-refractivity contribution in [3.05, 3.63) is 65.4 Å². The highest BCUT2D eigenvalue weighted by atomic mass is 16.7. The summed E-state index contributed by atoms with van der Waals surface area (Å²) in [4.78, 5) is 3.25. The van der Waals surface area contributed by atoms with Crippen LogP contribution in [0.4, 0.5) is 0 Å². The molecule has 31 heavy (non-hydrogen) atoms. The van der Waals surface area contributed by atoms with Gasteiger partial charge in [0.05, 0.1) is 6.61 Å². The second-order valence-electron chi connectivity index (χ2n) is 8.38. The number of aromatic nitrogens is 1.